The molecule has 0 spiro atoms. The second-order valence-electron chi connectivity index (χ2n) is 2.89. The maximum absolute atomic E-state index is 12.3. The minimum absolute atomic E-state index is 0.261. The second kappa shape index (κ2) is 4.65. The number of rotatable bonds is 2. The number of benzene rings is 1. The summed E-state index contributed by atoms with van der Waals surface area (Å²) in [6.45, 7) is 0. The number of nitrogens with two attached hydrogens (primary N) is 2. The summed E-state index contributed by atoms with van der Waals surface area (Å²) in [5.41, 5.74) is 9.49. The van der Waals surface area contributed by atoms with E-state index < -0.39 is 11.7 Å². The molecule has 1 aromatic rings. The largest absolute Gasteiger partial charge is 0.416 e. The van der Waals surface area contributed by atoms with Crippen LogP contribution in [0.3, 0.4) is 0 Å². The van der Waals surface area contributed by atoms with Crippen LogP contribution in [0, 0.1) is 0 Å². The fraction of sp³-hybridized carbons (Fsp3) is 0.111. The zero-order valence-corrected chi connectivity index (χ0v) is 8.07. The first kappa shape index (κ1) is 12.0. The lowest BCUT2D eigenvalue weighted by atomic mass is 10.1. The van der Waals surface area contributed by atoms with Crippen molar-refractivity contribution in [3.05, 3.63) is 35.4 Å². The maximum Gasteiger partial charge on any atom is 0.416 e. The maximum atomic E-state index is 12.3. The Morgan fingerprint density at radius 2 is 1.94 bits per heavy atom. The fourth-order valence-electron chi connectivity index (χ4n) is 0.957. The lowest BCUT2D eigenvalue weighted by molar-refractivity contribution is -0.137. The van der Waals surface area contributed by atoms with Crippen LogP contribution in [0.5, 0.6) is 0 Å². The SMILES string of the molecule is NC(N)=N/N=C/c1cccc(C(F)(F)F)c1. The van der Waals surface area contributed by atoms with Crippen LogP contribution in [0.1, 0.15) is 11.1 Å². The highest BCUT2D eigenvalue weighted by molar-refractivity contribution is 5.81. The van der Waals surface area contributed by atoms with Crippen molar-refractivity contribution in [2.75, 3.05) is 0 Å². The standard InChI is InChI=1S/C9H9F3N4/c10-9(11,12)7-3-1-2-6(4-7)5-15-16-8(13)14/h1-5H,(H4,13,14,16)/b15-5+. The first-order valence-electron chi connectivity index (χ1n) is 4.19. The van der Waals surface area contributed by atoms with Crippen LogP contribution in [0.25, 0.3) is 0 Å². The molecule has 0 fully saturated rings. The van der Waals surface area contributed by atoms with Crippen molar-refractivity contribution < 1.29 is 13.2 Å². The van der Waals surface area contributed by atoms with E-state index in [-0.39, 0.29) is 11.5 Å². The summed E-state index contributed by atoms with van der Waals surface area (Å²) in [4.78, 5) is 0. The van der Waals surface area contributed by atoms with Gasteiger partial charge in [-0.05, 0) is 17.7 Å². The molecule has 0 heterocycles. The first-order valence-corrected chi connectivity index (χ1v) is 4.19. The van der Waals surface area contributed by atoms with E-state index in [9.17, 15) is 13.2 Å². The quantitative estimate of drug-likeness (QED) is 0.456. The number of hydrogen-bond donors (Lipinski definition) is 2. The van der Waals surface area contributed by atoms with Gasteiger partial charge in [-0.15, -0.1) is 5.10 Å². The Hall–Kier alpha value is -2.05. The summed E-state index contributed by atoms with van der Waals surface area (Å²) in [7, 11) is 0. The molecule has 0 saturated heterocycles. The summed E-state index contributed by atoms with van der Waals surface area (Å²) >= 11 is 0. The molecular weight excluding hydrogens is 221 g/mol. The molecule has 0 amide bonds. The van der Waals surface area contributed by atoms with Gasteiger partial charge in [0.1, 0.15) is 0 Å². The molecule has 0 aromatic heterocycles. The molecule has 4 N–H and O–H groups in total. The van der Waals surface area contributed by atoms with E-state index in [1.54, 1.807) is 0 Å². The Morgan fingerprint density at radius 1 is 1.25 bits per heavy atom. The molecule has 86 valence electrons. The van der Waals surface area contributed by atoms with Crippen LogP contribution in [0.2, 0.25) is 0 Å². The molecular formula is C9H9F3N4. The van der Waals surface area contributed by atoms with Gasteiger partial charge >= 0.3 is 6.18 Å². The van der Waals surface area contributed by atoms with E-state index in [1.807, 2.05) is 0 Å². The van der Waals surface area contributed by atoms with Gasteiger partial charge in [0.25, 0.3) is 0 Å². The van der Waals surface area contributed by atoms with Crippen LogP contribution in [-0.4, -0.2) is 12.2 Å². The number of alkyl halides is 3. The molecule has 1 aromatic carbocycles. The van der Waals surface area contributed by atoms with Crippen molar-refractivity contribution in [1.29, 1.82) is 0 Å². The summed E-state index contributed by atoms with van der Waals surface area (Å²) in [6, 6.07) is 4.66. The van der Waals surface area contributed by atoms with Crippen LogP contribution in [-0.2, 0) is 6.18 Å². The van der Waals surface area contributed by atoms with E-state index in [4.69, 9.17) is 11.5 Å². The number of halogens is 3. The van der Waals surface area contributed by atoms with Gasteiger partial charge in [-0.25, -0.2) is 0 Å². The predicted octanol–water partition coefficient (Wildman–Crippen LogP) is 1.31. The molecule has 7 heteroatoms. The summed E-state index contributed by atoms with van der Waals surface area (Å²) in [5.74, 6) is -0.261. The highest BCUT2D eigenvalue weighted by Crippen LogP contribution is 2.29. The van der Waals surface area contributed by atoms with Crippen LogP contribution in [0.15, 0.2) is 34.5 Å². The Labute approximate surface area is 89.5 Å². The Kier molecular flexibility index (Phi) is 3.49. The molecule has 0 aliphatic carbocycles. The average molecular weight is 230 g/mol. The Bertz CT molecular complexity index is 419. The van der Waals surface area contributed by atoms with Crippen molar-refractivity contribution in [2.24, 2.45) is 21.7 Å². The molecule has 0 saturated carbocycles. The van der Waals surface area contributed by atoms with Gasteiger partial charge in [0, 0.05) is 0 Å². The third-order valence-corrected chi connectivity index (χ3v) is 1.59. The van der Waals surface area contributed by atoms with Crippen LogP contribution in [0.4, 0.5) is 13.2 Å². The number of guanidine groups is 1. The molecule has 4 nitrogen and oxygen atoms in total. The van der Waals surface area contributed by atoms with Gasteiger partial charge in [0.2, 0.25) is 5.96 Å². The molecule has 0 radical (unpaired) electrons. The van der Waals surface area contributed by atoms with E-state index in [2.05, 4.69) is 10.2 Å². The molecule has 0 atom stereocenters. The number of hydrogen-bond acceptors (Lipinski definition) is 2. The number of nitrogens with zero attached hydrogens (tertiary/aromatic N) is 2. The summed E-state index contributed by atoms with van der Waals surface area (Å²) in [6.07, 6.45) is -3.24. The van der Waals surface area contributed by atoms with Gasteiger partial charge in [0.05, 0.1) is 11.8 Å². The van der Waals surface area contributed by atoms with Gasteiger partial charge in [0.15, 0.2) is 0 Å². The smallest absolute Gasteiger partial charge is 0.369 e. The van der Waals surface area contributed by atoms with Crippen molar-refractivity contribution >= 4 is 12.2 Å². The van der Waals surface area contributed by atoms with Crippen molar-refractivity contribution in [3.8, 4) is 0 Å². The molecule has 0 aliphatic heterocycles. The minimum Gasteiger partial charge on any atom is -0.369 e. The minimum atomic E-state index is -4.37. The summed E-state index contributed by atoms with van der Waals surface area (Å²) in [5, 5.41) is 6.68. The first-order chi connectivity index (χ1) is 7.39. The van der Waals surface area contributed by atoms with Gasteiger partial charge in [-0.2, -0.15) is 18.3 Å². The zero-order chi connectivity index (χ0) is 12.2. The molecule has 0 unspecified atom stereocenters. The highest BCUT2D eigenvalue weighted by atomic mass is 19.4. The van der Waals surface area contributed by atoms with Crippen molar-refractivity contribution in [1.82, 2.24) is 0 Å². The van der Waals surface area contributed by atoms with E-state index >= 15 is 0 Å². The normalized spacial score (nSPS) is 11.7. The molecule has 1 rings (SSSR count). The zero-order valence-electron chi connectivity index (χ0n) is 8.07. The van der Waals surface area contributed by atoms with E-state index in [0.29, 0.717) is 0 Å². The van der Waals surface area contributed by atoms with Gasteiger partial charge < -0.3 is 11.5 Å². The lowest BCUT2D eigenvalue weighted by Crippen LogP contribution is -2.21. The Balaban J connectivity index is 2.92. The molecule has 16 heavy (non-hydrogen) atoms. The van der Waals surface area contributed by atoms with Crippen molar-refractivity contribution in [2.45, 2.75) is 6.18 Å². The molecule has 0 aliphatic rings. The molecule has 0 bridgehead atoms. The topological polar surface area (TPSA) is 76.8 Å². The lowest BCUT2D eigenvalue weighted by Gasteiger charge is -2.06. The van der Waals surface area contributed by atoms with Crippen LogP contribution >= 0.6 is 0 Å². The second-order valence-corrected chi connectivity index (χ2v) is 2.89. The van der Waals surface area contributed by atoms with Gasteiger partial charge in [-0.1, -0.05) is 12.1 Å². The third kappa shape index (κ3) is 3.60. The third-order valence-electron chi connectivity index (χ3n) is 1.59. The Morgan fingerprint density at radius 3 is 2.50 bits per heavy atom. The van der Waals surface area contributed by atoms with Gasteiger partial charge in [-0.3, -0.25) is 0 Å². The predicted molar refractivity (Wildman–Crippen MR) is 54.8 cm³/mol. The highest BCUT2D eigenvalue weighted by Gasteiger charge is 2.30. The van der Waals surface area contributed by atoms with E-state index in [0.717, 1.165) is 18.3 Å². The van der Waals surface area contributed by atoms with E-state index in [1.165, 1.54) is 12.1 Å². The van der Waals surface area contributed by atoms with Crippen LogP contribution < -0.4 is 11.5 Å². The average Bonchev–Trinajstić information content (AvgIpc) is 2.16. The van der Waals surface area contributed by atoms with Crippen molar-refractivity contribution in [3.63, 3.8) is 0 Å². The fourth-order valence-corrected chi connectivity index (χ4v) is 0.957. The summed E-state index contributed by atoms with van der Waals surface area (Å²) < 4.78 is 36.9. The monoisotopic (exact) mass is 230 g/mol.